The molecule has 0 radical (unpaired) electrons. The van der Waals surface area contributed by atoms with Crippen LogP contribution in [0, 0.1) is 0 Å². The van der Waals surface area contributed by atoms with Gasteiger partial charge in [0.25, 0.3) is 0 Å². The Balaban J connectivity index is 2.37. The van der Waals surface area contributed by atoms with Crippen LogP contribution in [0.15, 0.2) is 0 Å². The van der Waals surface area contributed by atoms with Gasteiger partial charge in [0.05, 0.1) is 0 Å². The first-order valence-electron chi connectivity index (χ1n) is 4.13. The van der Waals surface area contributed by atoms with Crippen LogP contribution in [-0.2, 0) is 19.8 Å². The van der Waals surface area contributed by atoms with E-state index >= 15 is 0 Å². The van der Waals surface area contributed by atoms with Gasteiger partial charge in [0.1, 0.15) is 0 Å². The fourth-order valence-electron chi connectivity index (χ4n) is 1.15. The highest BCUT2D eigenvalue weighted by Gasteiger charge is 2.25. The van der Waals surface area contributed by atoms with Crippen molar-refractivity contribution in [1.29, 1.82) is 0 Å². The van der Waals surface area contributed by atoms with E-state index in [4.69, 9.17) is 5.11 Å². The predicted octanol–water partition coefficient (Wildman–Crippen LogP) is -1.07. The van der Waals surface area contributed by atoms with Crippen molar-refractivity contribution < 1.29 is 23.2 Å². The summed E-state index contributed by atoms with van der Waals surface area (Å²) in [6.45, 7) is 0.213. The molecule has 2 N–H and O–H groups in total. The highest BCUT2D eigenvalue weighted by Crippen LogP contribution is 2.10. The molecule has 1 rings (SSSR count). The number of carboxylic acid groups (broad SMARTS) is 1. The van der Waals surface area contributed by atoms with Crippen molar-refractivity contribution in [2.24, 2.45) is 0 Å². The van der Waals surface area contributed by atoms with Gasteiger partial charge in [-0.25, -0.2) is 4.79 Å². The molecular formula is C6H12N2O5S. The van der Waals surface area contributed by atoms with Gasteiger partial charge in [0.15, 0.2) is 6.61 Å². The molecule has 1 aliphatic rings. The third-order valence-corrected chi connectivity index (χ3v) is 3.14. The molecule has 0 amide bonds. The quantitative estimate of drug-likeness (QED) is 0.580. The summed E-state index contributed by atoms with van der Waals surface area (Å²) in [4.78, 5) is 16.1. The second-order valence-electron chi connectivity index (χ2n) is 2.88. The highest BCUT2D eigenvalue weighted by molar-refractivity contribution is 7.87. The predicted molar refractivity (Wildman–Crippen MR) is 46.5 cm³/mol. The van der Waals surface area contributed by atoms with E-state index in [9.17, 15) is 13.2 Å². The summed E-state index contributed by atoms with van der Waals surface area (Å²) in [5, 5.41) is 8.20. The van der Waals surface area contributed by atoms with Crippen LogP contribution >= 0.6 is 0 Å². The zero-order valence-electron chi connectivity index (χ0n) is 7.47. The molecule has 0 atom stereocenters. The normalized spacial score (nSPS) is 18.6. The molecule has 1 heterocycles. The molecule has 82 valence electrons. The Kier molecular flexibility index (Phi) is 3.81. The molecule has 0 spiro atoms. The SMILES string of the molecule is O=C(O)CONS(=O)(=O)N1CCCC1. The van der Waals surface area contributed by atoms with Crippen molar-refractivity contribution in [3.8, 4) is 0 Å². The highest BCUT2D eigenvalue weighted by atomic mass is 32.2. The molecule has 8 heteroatoms. The van der Waals surface area contributed by atoms with Gasteiger partial charge in [-0.15, -0.1) is 0 Å². The molecule has 7 nitrogen and oxygen atoms in total. The van der Waals surface area contributed by atoms with Crippen LogP contribution in [0.4, 0.5) is 0 Å². The minimum atomic E-state index is -3.66. The van der Waals surface area contributed by atoms with Crippen molar-refractivity contribution in [3.05, 3.63) is 0 Å². The molecular weight excluding hydrogens is 212 g/mol. The number of carboxylic acids is 1. The number of hydrogen-bond acceptors (Lipinski definition) is 4. The zero-order chi connectivity index (χ0) is 10.6. The van der Waals surface area contributed by atoms with E-state index in [1.165, 1.54) is 4.31 Å². The molecule has 0 aromatic heterocycles. The maximum absolute atomic E-state index is 11.3. The second-order valence-corrected chi connectivity index (χ2v) is 4.51. The van der Waals surface area contributed by atoms with Gasteiger partial charge < -0.3 is 5.11 Å². The van der Waals surface area contributed by atoms with Crippen LogP contribution < -0.4 is 4.89 Å². The van der Waals surface area contributed by atoms with Crippen molar-refractivity contribution in [2.75, 3.05) is 19.7 Å². The average Bonchev–Trinajstić information content (AvgIpc) is 2.54. The molecule has 0 unspecified atom stereocenters. The van der Waals surface area contributed by atoms with E-state index in [0.29, 0.717) is 13.1 Å². The minimum Gasteiger partial charge on any atom is -0.479 e. The van der Waals surface area contributed by atoms with E-state index in [1.807, 2.05) is 0 Å². The van der Waals surface area contributed by atoms with Crippen molar-refractivity contribution >= 4 is 16.2 Å². The standard InChI is InChI=1S/C6H12N2O5S/c9-6(10)5-13-7-14(11,12)8-3-1-2-4-8/h7H,1-5H2,(H,9,10). The summed E-state index contributed by atoms with van der Waals surface area (Å²) in [7, 11) is -3.66. The lowest BCUT2D eigenvalue weighted by atomic mass is 10.4. The Morgan fingerprint density at radius 2 is 2.00 bits per heavy atom. The van der Waals surface area contributed by atoms with Gasteiger partial charge >= 0.3 is 16.2 Å². The summed E-state index contributed by atoms with van der Waals surface area (Å²) in [5.41, 5.74) is 0. The Morgan fingerprint density at radius 3 is 2.50 bits per heavy atom. The molecule has 1 saturated heterocycles. The number of aliphatic carboxylic acids is 1. The molecule has 1 aliphatic heterocycles. The van der Waals surface area contributed by atoms with Gasteiger partial charge in [-0.3, -0.25) is 4.84 Å². The maximum Gasteiger partial charge on any atom is 0.331 e. The minimum absolute atomic E-state index is 0.450. The second kappa shape index (κ2) is 4.69. The summed E-state index contributed by atoms with van der Waals surface area (Å²) >= 11 is 0. The topological polar surface area (TPSA) is 95.9 Å². The largest absolute Gasteiger partial charge is 0.479 e. The molecule has 0 saturated carbocycles. The average molecular weight is 224 g/mol. The van der Waals surface area contributed by atoms with E-state index in [-0.39, 0.29) is 0 Å². The van der Waals surface area contributed by atoms with Gasteiger partial charge in [-0.1, -0.05) is 4.89 Å². The van der Waals surface area contributed by atoms with Crippen LogP contribution in [0.2, 0.25) is 0 Å². The van der Waals surface area contributed by atoms with Gasteiger partial charge in [-0.2, -0.15) is 12.7 Å². The van der Waals surface area contributed by atoms with Crippen LogP contribution in [-0.4, -0.2) is 43.5 Å². The van der Waals surface area contributed by atoms with E-state index in [2.05, 4.69) is 4.84 Å². The third kappa shape index (κ3) is 3.22. The van der Waals surface area contributed by atoms with E-state index in [0.717, 1.165) is 12.8 Å². The van der Waals surface area contributed by atoms with Gasteiger partial charge in [0.2, 0.25) is 0 Å². The molecule has 14 heavy (non-hydrogen) atoms. The Labute approximate surface area is 81.8 Å². The van der Waals surface area contributed by atoms with Crippen LogP contribution in [0.25, 0.3) is 0 Å². The van der Waals surface area contributed by atoms with E-state index in [1.54, 1.807) is 4.89 Å². The van der Waals surface area contributed by atoms with Crippen molar-refractivity contribution in [2.45, 2.75) is 12.8 Å². The zero-order valence-corrected chi connectivity index (χ0v) is 8.29. The third-order valence-electron chi connectivity index (χ3n) is 1.76. The summed E-state index contributed by atoms with van der Waals surface area (Å²) in [6.07, 6.45) is 1.64. The maximum atomic E-state index is 11.3. The van der Waals surface area contributed by atoms with Crippen LogP contribution in [0.5, 0.6) is 0 Å². The van der Waals surface area contributed by atoms with Crippen LogP contribution in [0.1, 0.15) is 12.8 Å². The molecule has 0 aromatic rings. The smallest absolute Gasteiger partial charge is 0.331 e. The Bertz CT molecular complexity index is 295. The number of nitrogens with zero attached hydrogens (tertiary/aromatic N) is 1. The molecule has 0 aromatic carbocycles. The van der Waals surface area contributed by atoms with Gasteiger partial charge in [-0.05, 0) is 12.8 Å². The Hall–Kier alpha value is -0.700. The first-order chi connectivity index (χ1) is 6.52. The summed E-state index contributed by atoms with van der Waals surface area (Å²) < 4.78 is 23.8. The molecule has 1 fully saturated rings. The monoisotopic (exact) mass is 224 g/mol. The number of nitrogens with one attached hydrogen (secondary N) is 1. The van der Waals surface area contributed by atoms with E-state index < -0.39 is 22.8 Å². The fourth-order valence-corrected chi connectivity index (χ4v) is 2.20. The van der Waals surface area contributed by atoms with Crippen molar-refractivity contribution in [1.82, 2.24) is 9.19 Å². The number of rotatable bonds is 5. The molecule has 0 bridgehead atoms. The lowest BCUT2D eigenvalue weighted by Crippen LogP contribution is -2.39. The van der Waals surface area contributed by atoms with Gasteiger partial charge in [0, 0.05) is 13.1 Å². The Morgan fingerprint density at radius 1 is 1.43 bits per heavy atom. The molecule has 0 aliphatic carbocycles. The fraction of sp³-hybridized carbons (Fsp3) is 0.833. The number of hydrogen-bond donors (Lipinski definition) is 2. The first kappa shape index (κ1) is 11.4. The summed E-state index contributed by atoms with van der Waals surface area (Å²) in [6, 6.07) is 0. The lowest BCUT2D eigenvalue weighted by molar-refractivity contribution is -0.143. The first-order valence-corrected chi connectivity index (χ1v) is 5.57. The summed E-state index contributed by atoms with van der Waals surface area (Å²) in [5.74, 6) is -1.23. The lowest BCUT2D eigenvalue weighted by Gasteiger charge is -2.14. The van der Waals surface area contributed by atoms with Crippen LogP contribution in [0.3, 0.4) is 0 Å². The van der Waals surface area contributed by atoms with Crippen molar-refractivity contribution in [3.63, 3.8) is 0 Å². The number of carbonyl (C=O) groups is 1.